The quantitative estimate of drug-likeness (QED) is 0.485. The molecule has 0 spiro atoms. The number of hydrogen-bond donors (Lipinski definition) is 0. The van der Waals surface area contributed by atoms with Crippen molar-refractivity contribution in [3.8, 4) is 0 Å². The highest BCUT2D eigenvalue weighted by Crippen LogP contribution is 2.22. The molecule has 2 amide bonds. The zero-order valence-corrected chi connectivity index (χ0v) is 15.6. The van der Waals surface area contributed by atoms with E-state index >= 15 is 0 Å². The van der Waals surface area contributed by atoms with Crippen LogP contribution in [0.2, 0.25) is 0 Å². The van der Waals surface area contributed by atoms with Crippen LogP contribution in [0.1, 0.15) is 38.4 Å². The van der Waals surface area contributed by atoms with Crippen molar-refractivity contribution in [1.82, 2.24) is 14.3 Å². The van der Waals surface area contributed by atoms with Gasteiger partial charge in [0.25, 0.3) is 17.4 Å². The SMILES string of the molecule is Cc1ccc2nc(COC(=O)CCN3C(=O)c4ccccc4C3=O)cc(=O)n2c1. The maximum absolute atomic E-state index is 12.3. The Labute approximate surface area is 165 Å². The Hall–Kier alpha value is -3.81. The number of carbonyl (C=O) groups is 3. The molecule has 0 saturated heterocycles. The van der Waals surface area contributed by atoms with Crippen LogP contribution in [-0.4, -0.2) is 38.6 Å². The van der Waals surface area contributed by atoms with E-state index in [4.69, 9.17) is 4.74 Å². The van der Waals surface area contributed by atoms with Crippen LogP contribution in [0.5, 0.6) is 0 Å². The number of amides is 2. The standard InChI is InChI=1S/C21H17N3O5/c1-13-6-7-17-22-14(10-18(25)24(17)11-13)12-29-19(26)8-9-23-20(27)15-4-2-3-5-16(15)21(23)28/h2-7,10-11H,8-9,12H2,1H3. The van der Waals surface area contributed by atoms with E-state index < -0.39 is 17.8 Å². The van der Waals surface area contributed by atoms with E-state index in [1.807, 2.05) is 13.0 Å². The first-order valence-electron chi connectivity index (χ1n) is 9.04. The summed E-state index contributed by atoms with van der Waals surface area (Å²) >= 11 is 0. The second-order valence-corrected chi connectivity index (χ2v) is 6.74. The lowest BCUT2D eigenvalue weighted by atomic mass is 10.1. The average Bonchev–Trinajstić information content (AvgIpc) is 2.96. The summed E-state index contributed by atoms with van der Waals surface area (Å²) < 4.78 is 6.58. The minimum Gasteiger partial charge on any atom is -0.459 e. The van der Waals surface area contributed by atoms with E-state index in [-0.39, 0.29) is 25.1 Å². The number of benzene rings is 1. The molecule has 8 heteroatoms. The molecule has 3 heterocycles. The second-order valence-electron chi connectivity index (χ2n) is 6.74. The lowest BCUT2D eigenvalue weighted by Crippen LogP contribution is -2.32. The number of pyridine rings is 1. The smallest absolute Gasteiger partial charge is 0.307 e. The van der Waals surface area contributed by atoms with E-state index in [1.165, 1.54) is 10.5 Å². The Morgan fingerprint density at radius 3 is 2.41 bits per heavy atom. The summed E-state index contributed by atoms with van der Waals surface area (Å²) in [6.07, 6.45) is 1.54. The van der Waals surface area contributed by atoms with Gasteiger partial charge in [-0.1, -0.05) is 18.2 Å². The Bertz CT molecular complexity index is 1180. The predicted molar refractivity (Wildman–Crippen MR) is 102 cm³/mol. The van der Waals surface area contributed by atoms with Crippen LogP contribution in [0.25, 0.3) is 5.65 Å². The van der Waals surface area contributed by atoms with Crippen molar-refractivity contribution in [1.29, 1.82) is 0 Å². The summed E-state index contributed by atoms with van der Waals surface area (Å²) in [6, 6.07) is 11.4. The van der Waals surface area contributed by atoms with Gasteiger partial charge in [0.05, 0.1) is 23.2 Å². The van der Waals surface area contributed by atoms with Crippen LogP contribution in [0.4, 0.5) is 0 Å². The molecule has 1 aliphatic heterocycles. The number of nitrogens with zero attached hydrogens (tertiary/aromatic N) is 3. The van der Waals surface area contributed by atoms with Gasteiger partial charge in [0.15, 0.2) is 0 Å². The van der Waals surface area contributed by atoms with Crippen LogP contribution in [0.3, 0.4) is 0 Å². The van der Waals surface area contributed by atoms with E-state index in [2.05, 4.69) is 4.98 Å². The molecule has 0 bridgehead atoms. The van der Waals surface area contributed by atoms with Crippen molar-refractivity contribution in [2.75, 3.05) is 6.54 Å². The van der Waals surface area contributed by atoms with Gasteiger partial charge in [-0.05, 0) is 30.7 Å². The lowest BCUT2D eigenvalue weighted by Gasteiger charge is -2.13. The molecule has 0 fully saturated rings. The molecule has 29 heavy (non-hydrogen) atoms. The molecule has 3 aromatic rings. The molecule has 0 radical (unpaired) electrons. The maximum atomic E-state index is 12.3. The molecule has 0 aliphatic carbocycles. The first-order valence-corrected chi connectivity index (χ1v) is 9.04. The zero-order valence-electron chi connectivity index (χ0n) is 15.6. The fraction of sp³-hybridized carbons (Fsp3) is 0.190. The van der Waals surface area contributed by atoms with Gasteiger partial charge in [-0.25, -0.2) is 4.98 Å². The lowest BCUT2D eigenvalue weighted by molar-refractivity contribution is -0.145. The minimum absolute atomic E-state index is 0.0712. The highest BCUT2D eigenvalue weighted by atomic mass is 16.5. The van der Waals surface area contributed by atoms with Gasteiger partial charge < -0.3 is 4.74 Å². The van der Waals surface area contributed by atoms with Gasteiger partial charge >= 0.3 is 5.97 Å². The number of hydrogen-bond acceptors (Lipinski definition) is 6. The van der Waals surface area contributed by atoms with Gasteiger partial charge in [0, 0.05) is 18.8 Å². The van der Waals surface area contributed by atoms with Gasteiger partial charge in [0.1, 0.15) is 12.3 Å². The first-order chi connectivity index (χ1) is 13.9. The third-order valence-electron chi connectivity index (χ3n) is 4.66. The number of rotatable bonds is 5. The summed E-state index contributed by atoms with van der Waals surface area (Å²) in [7, 11) is 0. The van der Waals surface area contributed by atoms with Crippen LogP contribution in [0, 0.1) is 6.92 Å². The summed E-state index contributed by atoms with van der Waals surface area (Å²) in [4.78, 5) is 54.2. The highest BCUT2D eigenvalue weighted by molar-refractivity contribution is 6.21. The molecule has 1 aliphatic rings. The van der Waals surface area contributed by atoms with E-state index in [0.29, 0.717) is 22.5 Å². The second kappa shape index (κ2) is 7.31. The topological polar surface area (TPSA) is 98.0 Å². The van der Waals surface area contributed by atoms with Gasteiger partial charge in [-0.15, -0.1) is 0 Å². The van der Waals surface area contributed by atoms with E-state index in [0.717, 1.165) is 10.5 Å². The summed E-state index contributed by atoms with van der Waals surface area (Å²) in [6.45, 7) is 1.63. The van der Waals surface area contributed by atoms with E-state index in [9.17, 15) is 19.2 Å². The van der Waals surface area contributed by atoms with Gasteiger partial charge in [-0.3, -0.25) is 28.5 Å². The van der Waals surface area contributed by atoms with Gasteiger partial charge in [-0.2, -0.15) is 0 Å². The fourth-order valence-electron chi connectivity index (χ4n) is 3.20. The number of aromatic nitrogens is 2. The summed E-state index contributed by atoms with van der Waals surface area (Å²) in [5, 5.41) is 0. The molecular formula is C21H17N3O5. The van der Waals surface area contributed by atoms with Crippen molar-refractivity contribution >= 4 is 23.4 Å². The summed E-state index contributed by atoms with van der Waals surface area (Å²) in [5.41, 5.74) is 2.11. The van der Waals surface area contributed by atoms with Crippen LogP contribution < -0.4 is 5.56 Å². The Kier molecular flexibility index (Phi) is 4.67. The Morgan fingerprint density at radius 2 is 1.72 bits per heavy atom. The van der Waals surface area contributed by atoms with Crippen molar-refractivity contribution in [2.45, 2.75) is 20.0 Å². The largest absolute Gasteiger partial charge is 0.459 e. The van der Waals surface area contributed by atoms with Crippen molar-refractivity contribution in [3.63, 3.8) is 0 Å². The normalized spacial score (nSPS) is 13.1. The third kappa shape index (κ3) is 3.52. The predicted octanol–water partition coefficient (Wildman–Crippen LogP) is 1.73. The van der Waals surface area contributed by atoms with Crippen LogP contribution in [0.15, 0.2) is 53.5 Å². The molecule has 1 aromatic carbocycles. The van der Waals surface area contributed by atoms with Crippen molar-refractivity contribution in [2.24, 2.45) is 0 Å². The highest BCUT2D eigenvalue weighted by Gasteiger charge is 2.35. The number of aryl methyl sites for hydroxylation is 1. The molecule has 146 valence electrons. The first kappa shape index (κ1) is 18.5. The van der Waals surface area contributed by atoms with Crippen LogP contribution in [-0.2, 0) is 16.1 Å². The van der Waals surface area contributed by atoms with Crippen molar-refractivity contribution < 1.29 is 19.1 Å². The molecule has 0 atom stereocenters. The molecular weight excluding hydrogens is 374 g/mol. The van der Waals surface area contributed by atoms with E-state index in [1.54, 1.807) is 36.5 Å². The maximum Gasteiger partial charge on any atom is 0.307 e. The Morgan fingerprint density at radius 1 is 1.03 bits per heavy atom. The molecule has 8 nitrogen and oxygen atoms in total. The molecule has 0 N–H and O–H groups in total. The molecule has 0 saturated carbocycles. The molecule has 4 rings (SSSR count). The van der Waals surface area contributed by atoms with Gasteiger partial charge in [0.2, 0.25) is 0 Å². The third-order valence-corrected chi connectivity index (χ3v) is 4.66. The Balaban J connectivity index is 1.37. The van der Waals surface area contributed by atoms with Crippen LogP contribution >= 0.6 is 0 Å². The number of imide groups is 1. The number of carbonyl (C=O) groups excluding carboxylic acids is 3. The number of esters is 1. The number of ether oxygens (including phenoxy) is 1. The number of fused-ring (bicyclic) bond motifs is 2. The molecule has 0 unspecified atom stereocenters. The summed E-state index contributed by atoms with van der Waals surface area (Å²) in [5.74, 6) is -1.43. The fourth-order valence-corrected chi connectivity index (χ4v) is 3.20. The minimum atomic E-state index is -0.590. The zero-order chi connectivity index (χ0) is 20.5. The monoisotopic (exact) mass is 391 g/mol. The van der Waals surface area contributed by atoms with Crippen molar-refractivity contribution in [3.05, 3.63) is 81.4 Å². The molecule has 2 aromatic heterocycles. The average molecular weight is 391 g/mol.